The Labute approximate surface area is 133 Å². The number of amides is 2. The van der Waals surface area contributed by atoms with Crippen LogP contribution in [0.15, 0.2) is 47.3 Å². The molecule has 2 rings (SSSR count). The van der Waals surface area contributed by atoms with E-state index in [1.54, 1.807) is 5.32 Å². The molecule has 24 heavy (non-hydrogen) atoms. The van der Waals surface area contributed by atoms with Crippen LogP contribution in [0.25, 0.3) is 0 Å². The van der Waals surface area contributed by atoms with Crippen molar-refractivity contribution < 1.29 is 31.6 Å². The third-order valence-corrected chi connectivity index (χ3v) is 3.03. The number of carbonyl (C=O) groups excluding carboxylic acids is 2. The van der Waals surface area contributed by atoms with E-state index in [-0.39, 0.29) is 11.1 Å². The van der Waals surface area contributed by atoms with Crippen LogP contribution in [0.2, 0.25) is 0 Å². The summed E-state index contributed by atoms with van der Waals surface area (Å²) in [5, 5.41) is 3.93. The largest absolute Gasteiger partial charge is 0.472 e. The van der Waals surface area contributed by atoms with Crippen molar-refractivity contribution in [3.8, 4) is 0 Å². The van der Waals surface area contributed by atoms with E-state index in [2.05, 4.69) is 9.73 Å². The van der Waals surface area contributed by atoms with Crippen LogP contribution in [0.5, 0.6) is 0 Å². The molecule has 128 valence electrons. The van der Waals surface area contributed by atoms with Gasteiger partial charge in [-0.05, 0) is 23.8 Å². The predicted molar refractivity (Wildman–Crippen MR) is 74.4 cm³/mol. The number of benzene rings is 1. The van der Waals surface area contributed by atoms with Gasteiger partial charge in [0.15, 0.2) is 6.04 Å². The molecule has 0 aliphatic heterocycles. The lowest BCUT2D eigenvalue weighted by atomic mass is 10.1. The summed E-state index contributed by atoms with van der Waals surface area (Å²) in [5.41, 5.74) is -0.188. The fourth-order valence-electron chi connectivity index (χ4n) is 1.88. The number of hydrogen-bond donors (Lipinski definition) is 2. The lowest BCUT2D eigenvalue weighted by molar-refractivity contribution is -0.163. The summed E-state index contributed by atoms with van der Waals surface area (Å²) in [6.07, 6.45) is -2.41. The molecule has 0 spiro atoms. The van der Waals surface area contributed by atoms with Gasteiger partial charge in [0.1, 0.15) is 12.1 Å². The Morgan fingerprint density at radius 2 is 1.79 bits per heavy atom. The Morgan fingerprint density at radius 3 is 2.33 bits per heavy atom. The monoisotopic (exact) mass is 344 g/mol. The van der Waals surface area contributed by atoms with Crippen LogP contribution in [-0.4, -0.2) is 24.5 Å². The molecule has 0 bridgehead atoms. The first kappa shape index (κ1) is 17.5. The van der Waals surface area contributed by atoms with Crippen molar-refractivity contribution in [3.05, 3.63) is 59.8 Å². The number of hydrogen-bond acceptors (Lipinski definition) is 3. The van der Waals surface area contributed by atoms with Crippen molar-refractivity contribution in [1.29, 1.82) is 0 Å². The summed E-state index contributed by atoms with van der Waals surface area (Å²) < 4.78 is 56.7. The molecule has 9 heteroatoms. The lowest BCUT2D eigenvalue weighted by Gasteiger charge is -2.22. The third-order valence-electron chi connectivity index (χ3n) is 3.03. The number of furan rings is 1. The van der Waals surface area contributed by atoms with Gasteiger partial charge in [-0.25, -0.2) is 4.39 Å². The van der Waals surface area contributed by atoms with Crippen molar-refractivity contribution in [2.24, 2.45) is 0 Å². The minimum atomic E-state index is -4.78. The molecule has 2 N–H and O–H groups in total. The maximum atomic E-state index is 13.1. The smallest absolute Gasteiger partial charge is 0.412 e. The summed E-state index contributed by atoms with van der Waals surface area (Å²) in [4.78, 5) is 23.3. The summed E-state index contributed by atoms with van der Waals surface area (Å²) in [7, 11) is 0. The fraction of sp³-hybridized carbons (Fsp3) is 0.200. The van der Waals surface area contributed by atoms with Gasteiger partial charge in [0.25, 0.3) is 5.91 Å². The van der Waals surface area contributed by atoms with E-state index in [1.807, 2.05) is 0 Å². The van der Waals surface area contributed by atoms with Gasteiger partial charge in [0, 0.05) is 0 Å². The summed E-state index contributed by atoms with van der Waals surface area (Å²) in [5.74, 6) is -2.40. The lowest BCUT2D eigenvalue weighted by Crippen LogP contribution is -2.43. The molecule has 2 aromatic rings. The van der Waals surface area contributed by atoms with Crippen LogP contribution in [0.1, 0.15) is 22.0 Å². The van der Waals surface area contributed by atoms with Crippen LogP contribution >= 0.6 is 0 Å². The molecule has 0 unspecified atom stereocenters. The highest BCUT2D eigenvalue weighted by molar-refractivity contribution is 5.96. The van der Waals surface area contributed by atoms with Gasteiger partial charge >= 0.3 is 6.18 Å². The average molecular weight is 344 g/mol. The van der Waals surface area contributed by atoms with Gasteiger partial charge < -0.3 is 15.1 Å². The normalized spacial score (nSPS) is 12.5. The molecular weight excluding hydrogens is 332 g/mol. The summed E-state index contributed by atoms with van der Waals surface area (Å²) in [6, 6.07) is 2.61. The number of rotatable bonds is 5. The zero-order valence-corrected chi connectivity index (χ0v) is 12.1. The molecule has 1 atom stereocenters. The van der Waals surface area contributed by atoms with Gasteiger partial charge in [0.2, 0.25) is 5.91 Å². The number of halogens is 4. The van der Waals surface area contributed by atoms with E-state index in [1.165, 1.54) is 12.3 Å². The summed E-state index contributed by atoms with van der Waals surface area (Å²) >= 11 is 0. The SMILES string of the molecule is O=C(CNC(=O)c1ccoc1)N[C@H](c1ccc(F)cc1)C(F)(F)F. The Bertz CT molecular complexity index is 697. The maximum Gasteiger partial charge on any atom is 0.412 e. The van der Waals surface area contributed by atoms with Crippen LogP contribution < -0.4 is 10.6 Å². The molecule has 1 aromatic heterocycles. The van der Waals surface area contributed by atoms with Gasteiger partial charge in [0.05, 0.1) is 18.4 Å². The van der Waals surface area contributed by atoms with Crippen molar-refractivity contribution in [1.82, 2.24) is 10.6 Å². The third kappa shape index (κ3) is 4.58. The molecule has 1 heterocycles. The Balaban J connectivity index is 2.00. The molecule has 5 nitrogen and oxygen atoms in total. The second-order valence-corrected chi connectivity index (χ2v) is 4.79. The average Bonchev–Trinajstić information content (AvgIpc) is 3.05. The highest BCUT2D eigenvalue weighted by atomic mass is 19.4. The minimum Gasteiger partial charge on any atom is -0.472 e. The molecule has 0 fully saturated rings. The Hall–Kier alpha value is -2.84. The Morgan fingerprint density at radius 1 is 1.12 bits per heavy atom. The fourth-order valence-corrected chi connectivity index (χ4v) is 1.88. The molecule has 1 aromatic carbocycles. The van der Waals surface area contributed by atoms with E-state index in [0.717, 1.165) is 30.5 Å². The first-order valence-electron chi connectivity index (χ1n) is 6.69. The minimum absolute atomic E-state index is 0.133. The van der Waals surface area contributed by atoms with Crippen molar-refractivity contribution in [2.45, 2.75) is 12.2 Å². The first-order chi connectivity index (χ1) is 11.3. The van der Waals surface area contributed by atoms with E-state index in [9.17, 15) is 27.2 Å². The first-order valence-corrected chi connectivity index (χ1v) is 6.69. The zero-order valence-electron chi connectivity index (χ0n) is 12.1. The van der Waals surface area contributed by atoms with Crippen LogP contribution in [-0.2, 0) is 4.79 Å². The van der Waals surface area contributed by atoms with Crippen LogP contribution in [0.4, 0.5) is 17.6 Å². The van der Waals surface area contributed by atoms with E-state index in [4.69, 9.17) is 0 Å². The maximum absolute atomic E-state index is 13.1. The van der Waals surface area contributed by atoms with Crippen molar-refractivity contribution in [3.63, 3.8) is 0 Å². The number of alkyl halides is 3. The van der Waals surface area contributed by atoms with Crippen molar-refractivity contribution >= 4 is 11.8 Å². The topological polar surface area (TPSA) is 71.3 Å². The number of nitrogens with one attached hydrogen (secondary N) is 2. The van der Waals surface area contributed by atoms with Crippen LogP contribution in [0, 0.1) is 5.82 Å². The molecule has 0 aliphatic carbocycles. The molecule has 0 saturated heterocycles. The zero-order chi connectivity index (χ0) is 17.7. The molecule has 2 amide bonds. The van der Waals surface area contributed by atoms with E-state index >= 15 is 0 Å². The van der Waals surface area contributed by atoms with Crippen LogP contribution in [0.3, 0.4) is 0 Å². The Kier molecular flexibility index (Phi) is 5.22. The van der Waals surface area contributed by atoms with Gasteiger partial charge in [-0.15, -0.1) is 0 Å². The van der Waals surface area contributed by atoms with E-state index in [0.29, 0.717) is 0 Å². The highest BCUT2D eigenvalue weighted by Crippen LogP contribution is 2.32. The summed E-state index contributed by atoms with van der Waals surface area (Å²) in [6.45, 7) is -0.655. The van der Waals surface area contributed by atoms with Gasteiger partial charge in [-0.2, -0.15) is 13.2 Å². The van der Waals surface area contributed by atoms with E-state index < -0.39 is 36.4 Å². The van der Waals surface area contributed by atoms with Gasteiger partial charge in [-0.3, -0.25) is 9.59 Å². The molecule has 0 radical (unpaired) electrons. The molecular formula is C15H12F4N2O3. The molecule has 0 aliphatic rings. The standard InChI is InChI=1S/C15H12F4N2O3/c16-11-3-1-9(2-4-11)13(15(17,18)19)21-12(22)7-20-14(23)10-5-6-24-8-10/h1-6,8,13H,7H2,(H,20,23)(H,21,22)/t13-/m1/s1. The quantitative estimate of drug-likeness (QED) is 0.819. The number of carbonyl (C=O) groups is 2. The highest BCUT2D eigenvalue weighted by Gasteiger charge is 2.41. The second kappa shape index (κ2) is 7.16. The predicted octanol–water partition coefficient (Wildman–Crippen LogP) is 2.57. The second-order valence-electron chi connectivity index (χ2n) is 4.79. The van der Waals surface area contributed by atoms with Crippen molar-refractivity contribution in [2.75, 3.05) is 6.54 Å². The van der Waals surface area contributed by atoms with Gasteiger partial charge in [-0.1, -0.05) is 12.1 Å². The molecule has 0 saturated carbocycles.